The van der Waals surface area contributed by atoms with Gasteiger partial charge in [0.25, 0.3) is 0 Å². The molecule has 0 radical (unpaired) electrons. The van der Waals surface area contributed by atoms with Crippen LogP contribution in [0.15, 0.2) is 0 Å². The number of nitrogens with zero attached hydrogens (tertiary/aromatic N) is 1. The molecule has 1 saturated heterocycles. The molecular formula is C9H15NO4. The predicted molar refractivity (Wildman–Crippen MR) is 48.8 cm³/mol. The quantitative estimate of drug-likeness (QED) is 0.656. The Kier molecular flexibility index (Phi) is 3.10. The topological polar surface area (TPSA) is 66.8 Å². The van der Waals surface area contributed by atoms with Gasteiger partial charge in [0.05, 0.1) is 7.11 Å². The van der Waals surface area contributed by atoms with E-state index in [-0.39, 0.29) is 18.1 Å². The van der Waals surface area contributed by atoms with Gasteiger partial charge in [-0.3, -0.25) is 14.5 Å². The van der Waals surface area contributed by atoms with E-state index in [2.05, 4.69) is 4.74 Å². The van der Waals surface area contributed by atoms with Gasteiger partial charge in [-0.25, -0.2) is 0 Å². The van der Waals surface area contributed by atoms with Crippen LogP contribution in [0.25, 0.3) is 0 Å². The van der Waals surface area contributed by atoms with Crippen molar-refractivity contribution in [1.82, 2.24) is 4.90 Å². The van der Waals surface area contributed by atoms with Crippen molar-refractivity contribution in [3.8, 4) is 0 Å². The van der Waals surface area contributed by atoms with Crippen LogP contribution in [-0.4, -0.2) is 47.2 Å². The van der Waals surface area contributed by atoms with Gasteiger partial charge in [0.1, 0.15) is 12.1 Å². The third-order valence-electron chi connectivity index (χ3n) is 2.52. The van der Waals surface area contributed by atoms with Gasteiger partial charge in [0.2, 0.25) is 0 Å². The minimum Gasteiger partial charge on any atom is -0.480 e. The molecule has 1 aliphatic heterocycles. The zero-order valence-corrected chi connectivity index (χ0v) is 8.56. The van der Waals surface area contributed by atoms with Crippen LogP contribution in [0.3, 0.4) is 0 Å². The van der Waals surface area contributed by atoms with Crippen LogP contribution in [0, 0.1) is 0 Å². The highest BCUT2D eigenvalue weighted by atomic mass is 16.5. The molecule has 0 aromatic rings. The number of likely N-dealkylation sites (tertiary alicyclic amines) is 1. The van der Waals surface area contributed by atoms with Gasteiger partial charge in [0, 0.05) is 6.04 Å². The molecule has 1 rings (SSSR count). The highest BCUT2D eigenvalue weighted by molar-refractivity contribution is 5.83. The number of hydrogen-bond donors (Lipinski definition) is 1. The van der Waals surface area contributed by atoms with Gasteiger partial charge in [-0.05, 0) is 20.3 Å². The molecule has 0 aromatic carbocycles. The molecule has 2 atom stereocenters. The van der Waals surface area contributed by atoms with Crippen LogP contribution < -0.4 is 0 Å². The smallest absolute Gasteiger partial charge is 0.323 e. The molecule has 5 heteroatoms. The predicted octanol–water partition coefficient (Wildman–Crippen LogP) is 0.0953. The molecule has 0 spiro atoms. The van der Waals surface area contributed by atoms with E-state index in [1.165, 1.54) is 7.11 Å². The number of methoxy groups -OCH3 is 1. The third-order valence-corrected chi connectivity index (χ3v) is 2.52. The Hall–Kier alpha value is -1.10. The largest absolute Gasteiger partial charge is 0.480 e. The third kappa shape index (κ3) is 1.72. The minimum atomic E-state index is -0.876. The van der Waals surface area contributed by atoms with Crippen molar-refractivity contribution in [2.24, 2.45) is 0 Å². The molecule has 1 aliphatic rings. The maximum absolute atomic E-state index is 11.2. The summed E-state index contributed by atoms with van der Waals surface area (Å²) in [5.74, 6) is -1.23. The van der Waals surface area contributed by atoms with Crippen molar-refractivity contribution in [2.45, 2.75) is 38.4 Å². The fourth-order valence-electron chi connectivity index (χ4n) is 1.84. The second-order valence-corrected chi connectivity index (χ2v) is 3.67. The summed E-state index contributed by atoms with van der Waals surface area (Å²) in [6.45, 7) is 3.73. The lowest BCUT2D eigenvalue weighted by Gasteiger charge is -2.46. The lowest BCUT2D eigenvalue weighted by atomic mass is 9.91. The zero-order valence-electron chi connectivity index (χ0n) is 8.56. The van der Waals surface area contributed by atoms with Gasteiger partial charge in [-0.2, -0.15) is 0 Å². The molecule has 14 heavy (non-hydrogen) atoms. The second-order valence-electron chi connectivity index (χ2n) is 3.67. The van der Waals surface area contributed by atoms with E-state index in [0.717, 1.165) is 0 Å². The average molecular weight is 201 g/mol. The Morgan fingerprint density at radius 2 is 2.00 bits per heavy atom. The Morgan fingerprint density at radius 1 is 1.43 bits per heavy atom. The summed E-state index contributed by atoms with van der Waals surface area (Å²) < 4.78 is 4.59. The van der Waals surface area contributed by atoms with Crippen LogP contribution >= 0.6 is 0 Å². The van der Waals surface area contributed by atoms with Gasteiger partial charge in [-0.15, -0.1) is 0 Å². The molecule has 0 amide bonds. The Morgan fingerprint density at radius 3 is 2.36 bits per heavy atom. The molecule has 0 aliphatic carbocycles. The molecule has 1 heterocycles. The van der Waals surface area contributed by atoms with Gasteiger partial charge < -0.3 is 9.84 Å². The summed E-state index contributed by atoms with van der Waals surface area (Å²) in [6, 6.07) is -0.894. The lowest BCUT2D eigenvalue weighted by Crippen LogP contribution is -2.64. The van der Waals surface area contributed by atoms with E-state index < -0.39 is 12.0 Å². The lowest BCUT2D eigenvalue weighted by molar-refractivity contribution is -0.168. The average Bonchev–Trinajstić information content (AvgIpc) is 2.00. The first-order chi connectivity index (χ1) is 6.49. The van der Waals surface area contributed by atoms with Crippen LogP contribution in [0.4, 0.5) is 0 Å². The van der Waals surface area contributed by atoms with E-state index in [1.54, 1.807) is 4.90 Å². The fraction of sp³-hybridized carbons (Fsp3) is 0.778. The SMILES string of the molecule is COC(=O)C1CC(C(=O)O)N1C(C)C. The number of carboxylic acid groups (broad SMARTS) is 1. The van der Waals surface area contributed by atoms with Crippen molar-refractivity contribution in [3.63, 3.8) is 0 Å². The number of hydrogen-bond acceptors (Lipinski definition) is 4. The number of rotatable bonds is 3. The molecular weight excluding hydrogens is 186 g/mol. The normalized spacial score (nSPS) is 27.1. The first kappa shape index (κ1) is 11.0. The standard InChI is InChI=1S/C9H15NO4/c1-5(2)10-6(8(11)12)4-7(10)9(13)14-3/h5-7H,4H2,1-3H3,(H,11,12). The van der Waals surface area contributed by atoms with Crippen LogP contribution in [-0.2, 0) is 14.3 Å². The van der Waals surface area contributed by atoms with Crippen LogP contribution in [0.1, 0.15) is 20.3 Å². The first-order valence-corrected chi connectivity index (χ1v) is 4.57. The van der Waals surface area contributed by atoms with Crippen LogP contribution in [0.5, 0.6) is 0 Å². The van der Waals surface area contributed by atoms with Crippen molar-refractivity contribution in [2.75, 3.05) is 7.11 Å². The summed E-state index contributed by atoms with van der Waals surface area (Å²) in [6.07, 6.45) is 0.347. The summed E-state index contributed by atoms with van der Waals surface area (Å²) in [7, 11) is 1.31. The number of carbonyl (C=O) groups excluding carboxylic acids is 1. The summed E-state index contributed by atoms with van der Waals surface area (Å²) in [5.41, 5.74) is 0. The number of esters is 1. The van der Waals surface area contributed by atoms with Crippen LogP contribution in [0.2, 0.25) is 0 Å². The van der Waals surface area contributed by atoms with Crippen molar-refractivity contribution >= 4 is 11.9 Å². The van der Waals surface area contributed by atoms with Gasteiger partial charge in [0.15, 0.2) is 0 Å². The molecule has 1 fully saturated rings. The fourth-order valence-corrected chi connectivity index (χ4v) is 1.84. The van der Waals surface area contributed by atoms with E-state index >= 15 is 0 Å². The second kappa shape index (κ2) is 3.96. The Balaban J connectivity index is 2.68. The first-order valence-electron chi connectivity index (χ1n) is 4.57. The van der Waals surface area contributed by atoms with Crippen molar-refractivity contribution < 1.29 is 19.4 Å². The maximum Gasteiger partial charge on any atom is 0.323 e. The number of ether oxygens (including phenoxy) is 1. The highest BCUT2D eigenvalue weighted by Gasteiger charge is 2.48. The Bertz CT molecular complexity index is 251. The molecule has 80 valence electrons. The summed E-state index contributed by atoms with van der Waals surface area (Å²) >= 11 is 0. The molecule has 2 unspecified atom stereocenters. The van der Waals surface area contributed by atoms with Gasteiger partial charge in [-0.1, -0.05) is 0 Å². The monoisotopic (exact) mass is 201 g/mol. The maximum atomic E-state index is 11.2. The molecule has 5 nitrogen and oxygen atoms in total. The highest BCUT2D eigenvalue weighted by Crippen LogP contribution is 2.29. The minimum absolute atomic E-state index is 0.0361. The number of aliphatic carboxylic acids is 1. The summed E-state index contributed by atoms with van der Waals surface area (Å²) in [5, 5.41) is 8.83. The van der Waals surface area contributed by atoms with Crippen molar-refractivity contribution in [1.29, 1.82) is 0 Å². The number of carbonyl (C=O) groups is 2. The van der Waals surface area contributed by atoms with E-state index in [1.807, 2.05) is 13.8 Å². The van der Waals surface area contributed by atoms with Crippen molar-refractivity contribution in [3.05, 3.63) is 0 Å². The van der Waals surface area contributed by atoms with Gasteiger partial charge >= 0.3 is 11.9 Å². The zero-order chi connectivity index (χ0) is 10.9. The molecule has 0 saturated carbocycles. The van der Waals surface area contributed by atoms with E-state index in [9.17, 15) is 9.59 Å². The number of carboxylic acids is 1. The Labute approximate surface area is 82.6 Å². The molecule has 1 N–H and O–H groups in total. The van der Waals surface area contributed by atoms with E-state index in [4.69, 9.17) is 5.11 Å². The summed E-state index contributed by atoms with van der Waals surface area (Å²) in [4.78, 5) is 23.6. The molecule has 0 aromatic heterocycles. The van der Waals surface area contributed by atoms with E-state index in [0.29, 0.717) is 6.42 Å². The molecule has 0 bridgehead atoms.